The minimum Gasteiger partial charge on any atom is -0.384 e. The van der Waals surface area contributed by atoms with Gasteiger partial charge in [-0.05, 0) is 0 Å². The van der Waals surface area contributed by atoms with Crippen molar-refractivity contribution in [2.75, 3.05) is 18.6 Å². The third-order valence-corrected chi connectivity index (χ3v) is 1.09. The van der Waals surface area contributed by atoms with Gasteiger partial charge in [0, 0.05) is 13.2 Å². The van der Waals surface area contributed by atoms with Crippen LogP contribution in [0.25, 0.3) is 0 Å². The highest BCUT2D eigenvalue weighted by molar-refractivity contribution is 5.40. The number of ether oxygens (including phenoxy) is 1. The smallest absolute Gasteiger partial charge is 0.158 e. The van der Waals surface area contributed by atoms with Crippen molar-refractivity contribution in [1.29, 1.82) is 0 Å². The van der Waals surface area contributed by atoms with E-state index in [4.69, 9.17) is 16.2 Å². The average Bonchev–Trinajstić information content (AvgIpc) is 1.85. The van der Waals surface area contributed by atoms with Gasteiger partial charge in [-0.1, -0.05) is 0 Å². The van der Waals surface area contributed by atoms with Gasteiger partial charge in [0.2, 0.25) is 0 Å². The van der Waals surface area contributed by atoms with Gasteiger partial charge in [-0.3, -0.25) is 0 Å². The number of hydrogen-bond donors (Lipinski definition) is 2. The lowest BCUT2D eigenvalue weighted by Crippen LogP contribution is -2.03. The molecule has 5 heteroatoms. The second kappa shape index (κ2) is 3.16. The Labute approximate surface area is 64.4 Å². The largest absolute Gasteiger partial charge is 0.384 e. The van der Waals surface area contributed by atoms with Crippen LogP contribution in [0, 0.1) is 0 Å². The highest BCUT2D eigenvalue weighted by Gasteiger charge is 1.98. The molecule has 1 aromatic rings. The van der Waals surface area contributed by atoms with Crippen LogP contribution >= 0.6 is 0 Å². The van der Waals surface area contributed by atoms with E-state index < -0.39 is 0 Å². The Bertz CT molecular complexity index is 230. The highest BCUT2D eigenvalue weighted by atomic mass is 16.5. The molecule has 0 aliphatic rings. The molecule has 0 unspecified atom stereocenters. The first-order valence-electron chi connectivity index (χ1n) is 3.10. The third-order valence-electron chi connectivity index (χ3n) is 1.09. The molecule has 1 rings (SSSR count). The van der Waals surface area contributed by atoms with E-state index in [0.717, 1.165) is 0 Å². The SMILES string of the molecule is COCc1nc(N)cc(N)n1. The van der Waals surface area contributed by atoms with Crippen LogP contribution in [0.5, 0.6) is 0 Å². The summed E-state index contributed by atoms with van der Waals surface area (Å²) in [4.78, 5) is 7.77. The lowest BCUT2D eigenvalue weighted by atomic mass is 10.5. The Morgan fingerprint density at radius 3 is 2.36 bits per heavy atom. The summed E-state index contributed by atoms with van der Waals surface area (Å²) < 4.78 is 4.80. The molecule has 0 fully saturated rings. The molecule has 0 saturated carbocycles. The average molecular weight is 154 g/mol. The maximum absolute atomic E-state index is 5.40. The first-order valence-corrected chi connectivity index (χ1v) is 3.10. The summed E-state index contributed by atoms with van der Waals surface area (Å²) >= 11 is 0. The number of rotatable bonds is 2. The van der Waals surface area contributed by atoms with Crippen molar-refractivity contribution in [1.82, 2.24) is 9.97 Å². The third kappa shape index (κ3) is 2.05. The Morgan fingerprint density at radius 1 is 1.36 bits per heavy atom. The first-order chi connectivity index (χ1) is 5.22. The van der Waals surface area contributed by atoms with Crippen molar-refractivity contribution in [3.63, 3.8) is 0 Å². The molecule has 60 valence electrons. The Kier molecular flexibility index (Phi) is 2.22. The summed E-state index contributed by atoms with van der Waals surface area (Å²) in [5.74, 6) is 1.24. The van der Waals surface area contributed by atoms with E-state index in [1.807, 2.05) is 0 Å². The van der Waals surface area contributed by atoms with E-state index in [2.05, 4.69) is 9.97 Å². The van der Waals surface area contributed by atoms with Crippen LogP contribution in [0.15, 0.2) is 6.07 Å². The van der Waals surface area contributed by atoms with Crippen LogP contribution < -0.4 is 11.5 Å². The number of aromatic nitrogens is 2. The number of anilines is 2. The minimum absolute atomic E-state index is 0.329. The molecule has 0 amide bonds. The summed E-state index contributed by atoms with van der Waals surface area (Å²) in [5, 5.41) is 0. The molecule has 0 aliphatic heterocycles. The number of hydrogen-bond acceptors (Lipinski definition) is 5. The Balaban J connectivity index is 2.89. The van der Waals surface area contributed by atoms with Gasteiger partial charge in [0.25, 0.3) is 0 Å². The van der Waals surface area contributed by atoms with Crippen molar-refractivity contribution in [2.45, 2.75) is 6.61 Å². The molecule has 4 N–H and O–H groups in total. The maximum Gasteiger partial charge on any atom is 0.158 e. The van der Waals surface area contributed by atoms with Gasteiger partial charge in [-0.15, -0.1) is 0 Å². The van der Waals surface area contributed by atoms with Crippen molar-refractivity contribution >= 4 is 11.6 Å². The molecule has 0 bridgehead atoms. The van der Waals surface area contributed by atoms with Gasteiger partial charge in [-0.2, -0.15) is 0 Å². The zero-order valence-corrected chi connectivity index (χ0v) is 6.24. The molecule has 0 spiro atoms. The van der Waals surface area contributed by atoms with Gasteiger partial charge in [-0.25, -0.2) is 9.97 Å². The van der Waals surface area contributed by atoms with E-state index in [1.54, 1.807) is 7.11 Å². The van der Waals surface area contributed by atoms with Gasteiger partial charge in [0.05, 0.1) is 0 Å². The van der Waals surface area contributed by atoms with Crippen LogP contribution in [-0.4, -0.2) is 17.1 Å². The molecule has 1 aromatic heterocycles. The number of methoxy groups -OCH3 is 1. The van der Waals surface area contributed by atoms with Crippen LogP contribution in [-0.2, 0) is 11.3 Å². The summed E-state index contributed by atoms with van der Waals surface area (Å²) in [7, 11) is 1.56. The minimum atomic E-state index is 0.329. The zero-order chi connectivity index (χ0) is 8.27. The molecule has 0 radical (unpaired) electrons. The second-order valence-corrected chi connectivity index (χ2v) is 2.07. The lowest BCUT2D eigenvalue weighted by Gasteiger charge is -2.00. The van der Waals surface area contributed by atoms with Crippen LogP contribution in [0.2, 0.25) is 0 Å². The van der Waals surface area contributed by atoms with Crippen molar-refractivity contribution in [3.8, 4) is 0 Å². The second-order valence-electron chi connectivity index (χ2n) is 2.07. The molecular weight excluding hydrogens is 144 g/mol. The first kappa shape index (κ1) is 7.74. The fraction of sp³-hybridized carbons (Fsp3) is 0.333. The van der Waals surface area contributed by atoms with E-state index in [9.17, 15) is 0 Å². The molecule has 11 heavy (non-hydrogen) atoms. The molecule has 0 aliphatic carbocycles. The molecule has 1 heterocycles. The van der Waals surface area contributed by atoms with E-state index in [1.165, 1.54) is 6.07 Å². The number of nitrogens with two attached hydrogens (primary N) is 2. The standard InChI is InChI=1S/C6H10N4O/c1-11-3-6-9-4(7)2-5(8)10-6/h2H,3H2,1H3,(H4,7,8,9,10). The van der Waals surface area contributed by atoms with E-state index >= 15 is 0 Å². The normalized spacial score (nSPS) is 9.91. The van der Waals surface area contributed by atoms with Crippen LogP contribution in [0.3, 0.4) is 0 Å². The molecule has 0 aromatic carbocycles. The number of nitrogens with zero attached hydrogens (tertiary/aromatic N) is 2. The fourth-order valence-electron chi connectivity index (χ4n) is 0.733. The van der Waals surface area contributed by atoms with Gasteiger partial charge in [0.1, 0.15) is 18.2 Å². The van der Waals surface area contributed by atoms with Crippen molar-refractivity contribution in [2.24, 2.45) is 0 Å². The fourth-order valence-corrected chi connectivity index (χ4v) is 0.733. The summed E-state index contributed by atoms with van der Waals surface area (Å²) in [6, 6.07) is 1.50. The predicted octanol–water partition coefficient (Wildman–Crippen LogP) is -0.213. The lowest BCUT2D eigenvalue weighted by molar-refractivity contribution is 0.178. The van der Waals surface area contributed by atoms with E-state index in [0.29, 0.717) is 24.1 Å². The van der Waals surface area contributed by atoms with Crippen LogP contribution in [0.4, 0.5) is 11.6 Å². The maximum atomic E-state index is 5.40. The van der Waals surface area contributed by atoms with Crippen LogP contribution in [0.1, 0.15) is 5.82 Å². The summed E-state index contributed by atoms with van der Waals surface area (Å²) in [6.45, 7) is 0.329. The van der Waals surface area contributed by atoms with Gasteiger partial charge in [0.15, 0.2) is 5.82 Å². The Morgan fingerprint density at radius 2 is 1.91 bits per heavy atom. The van der Waals surface area contributed by atoms with Crippen molar-refractivity contribution < 1.29 is 4.74 Å². The molecule has 0 saturated heterocycles. The van der Waals surface area contributed by atoms with Crippen molar-refractivity contribution in [3.05, 3.63) is 11.9 Å². The monoisotopic (exact) mass is 154 g/mol. The number of nitrogen functional groups attached to an aromatic ring is 2. The molecule has 0 atom stereocenters. The summed E-state index contributed by atoms with van der Waals surface area (Å²) in [5.41, 5.74) is 10.8. The quantitative estimate of drug-likeness (QED) is 0.615. The molecular formula is C6H10N4O. The molecule has 5 nitrogen and oxygen atoms in total. The van der Waals surface area contributed by atoms with Gasteiger partial charge >= 0.3 is 0 Å². The topological polar surface area (TPSA) is 87.0 Å². The van der Waals surface area contributed by atoms with E-state index in [-0.39, 0.29) is 0 Å². The highest BCUT2D eigenvalue weighted by Crippen LogP contribution is 2.04. The predicted molar refractivity (Wildman–Crippen MR) is 41.6 cm³/mol. The van der Waals surface area contributed by atoms with Gasteiger partial charge < -0.3 is 16.2 Å². The zero-order valence-electron chi connectivity index (χ0n) is 6.24. The Hall–Kier alpha value is -1.36. The summed E-state index contributed by atoms with van der Waals surface area (Å²) in [6.07, 6.45) is 0.